The maximum absolute atomic E-state index is 12.3. The van der Waals surface area contributed by atoms with Crippen LogP contribution in [-0.2, 0) is 11.2 Å². The number of aryl methyl sites for hydroxylation is 2. The second-order valence-corrected chi connectivity index (χ2v) is 6.47. The van der Waals surface area contributed by atoms with Crippen molar-refractivity contribution in [3.05, 3.63) is 83.4 Å². The summed E-state index contributed by atoms with van der Waals surface area (Å²) in [5.41, 5.74) is 4.81. The quantitative estimate of drug-likeness (QED) is 0.352. The molecule has 5 heteroatoms. The Morgan fingerprint density at radius 1 is 1.00 bits per heavy atom. The van der Waals surface area contributed by atoms with Crippen molar-refractivity contribution in [2.75, 3.05) is 0 Å². The van der Waals surface area contributed by atoms with Gasteiger partial charge in [-0.15, -0.1) is 0 Å². The van der Waals surface area contributed by atoms with Gasteiger partial charge in [0.15, 0.2) is 0 Å². The Bertz CT molecular complexity index is 944. The van der Waals surface area contributed by atoms with E-state index in [1.807, 2.05) is 55.5 Å². The molecule has 0 radical (unpaired) electrons. The molecule has 0 aromatic heterocycles. The number of phenolic OH excluding ortho intramolecular Hbond substituents is 1. The fraction of sp³-hybridized carbons (Fsp3) is 0.167. The van der Waals surface area contributed by atoms with Gasteiger partial charge in [0.2, 0.25) is 0 Å². The van der Waals surface area contributed by atoms with Gasteiger partial charge < -0.3 is 14.9 Å². The molecule has 0 unspecified atom stereocenters. The average molecular weight is 392 g/mol. The highest BCUT2D eigenvalue weighted by atomic mass is 16.5. The van der Waals surface area contributed by atoms with Crippen LogP contribution in [0.4, 0.5) is 0 Å². The molecule has 3 aromatic carbocycles. The van der Waals surface area contributed by atoms with E-state index in [2.05, 4.69) is 6.92 Å². The molecule has 3 aromatic rings. The number of carbonyl (C=O) groups is 2. The van der Waals surface area contributed by atoms with Crippen LogP contribution in [0.5, 0.6) is 11.5 Å². The number of aromatic hydroxyl groups is 1. The number of benzene rings is 3. The predicted molar refractivity (Wildman–Crippen MR) is 112 cm³/mol. The summed E-state index contributed by atoms with van der Waals surface area (Å²) in [4.78, 5) is 20.7. The Morgan fingerprint density at radius 3 is 2.17 bits per heavy atom. The first-order valence-electron chi connectivity index (χ1n) is 9.27. The van der Waals surface area contributed by atoms with Crippen LogP contribution >= 0.6 is 0 Å². The van der Waals surface area contributed by atoms with Gasteiger partial charge >= 0.3 is 5.97 Å². The molecule has 0 atom stereocenters. The molecule has 0 fully saturated rings. The average Bonchev–Trinajstić information content (AvgIpc) is 2.70. The molecular formula is C24H24O5. The molecule has 2 N–H and O–H groups in total. The van der Waals surface area contributed by atoms with E-state index in [-0.39, 0.29) is 18.2 Å². The van der Waals surface area contributed by atoms with Gasteiger partial charge in [-0.05, 0) is 72.0 Å². The number of ether oxygens (including phenoxy) is 1. The van der Waals surface area contributed by atoms with Crippen LogP contribution in [0.3, 0.4) is 0 Å². The highest BCUT2D eigenvalue weighted by Gasteiger charge is 2.10. The summed E-state index contributed by atoms with van der Waals surface area (Å²) < 4.78 is 5.51. The van der Waals surface area contributed by atoms with Crippen molar-refractivity contribution in [3.63, 3.8) is 0 Å². The molecular weight excluding hydrogens is 368 g/mol. The summed E-state index contributed by atoms with van der Waals surface area (Å²) in [5.74, 6) is 0.402. The van der Waals surface area contributed by atoms with Crippen molar-refractivity contribution in [1.82, 2.24) is 0 Å². The molecule has 0 bridgehead atoms. The first-order valence-corrected chi connectivity index (χ1v) is 9.27. The van der Waals surface area contributed by atoms with Crippen molar-refractivity contribution in [2.45, 2.75) is 26.7 Å². The number of esters is 1. The van der Waals surface area contributed by atoms with Crippen LogP contribution in [0.2, 0.25) is 0 Å². The summed E-state index contributed by atoms with van der Waals surface area (Å²) in [6, 6.07) is 20.2. The zero-order chi connectivity index (χ0) is 21.2. The zero-order valence-corrected chi connectivity index (χ0v) is 16.5. The molecule has 29 heavy (non-hydrogen) atoms. The van der Waals surface area contributed by atoms with E-state index < -0.39 is 0 Å². The molecule has 5 nitrogen and oxygen atoms in total. The Kier molecular flexibility index (Phi) is 7.98. The highest BCUT2D eigenvalue weighted by Crippen LogP contribution is 2.28. The smallest absolute Gasteiger partial charge is 0.343 e. The maximum atomic E-state index is 12.3. The maximum Gasteiger partial charge on any atom is 0.343 e. The van der Waals surface area contributed by atoms with E-state index >= 15 is 0 Å². The number of hydrogen-bond donors (Lipinski definition) is 2. The summed E-state index contributed by atoms with van der Waals surface area (Å²) in [6.45, 7) is 3.85. The molecule has 0 aliphatic rings. The number of carbonyl (C=O) groups excluding carboxylic acids is 1. The van der Waals surface area contributed by atoms with Gasteiger partial charge in [0.05, 0.1) is 5.56 Å². The lowest BCUT2D eigenvalue weighted by molar-refractivity contribution is -0.122. The largest absolute Gasteiger partial charge is 0.508 e. The third-order valence-electron chi connectivity index (χ3n) is 4.32. The first-order chi connectivity index (χ1) is 14.0. The van der Waals surface area contributed by atoms with Crippen molar-refractivity contribution in [3.8, 4) is 22.6 Å². The highest BCUT2D eigenvalue weighted by molar-refractivity contribution is 5.91. The number of hydrogen-bond acceptors (Lipinski definition) is 4. The van der Waals surface area contributed by atoms with Gasteiger partial charge in [0, 0.05) is 0 Å². The molecule has 0 saturated heterocycles. The van der Waals surface area contributed by atoms with E-state index in [4.69, 9.17) is 14.6 Å². The molecule has 0 saturated carbocycles. The molecule has 0 aliphatic carbocycles. The lowest BCUT2D eigenvalue weighted by Crippen LogP contribution is -2.08. The summed E-state index contributed by atoms with van der Waals surface area (Å²) in [6.07, 6.45) is 2.09. The third kappa shape index (κ3) is 6.21. The third-order valence-corrected chi connectivity index (χ3v) is 4.32. The van der Waals surface area contributed by atoms with Gasteiger partial charge in [-0.25, -0.2) is 4.79 Å². The van der Waals surface area contributed by atoms with Crippen molar-refractivity contribution in [1.29, 1.82) is 0 Å². The van der Waals surface area contributed by atoms with Gasteiger partial charge in [-0.1, -0.05) is 43.7 Å². The van der Waals surface area contributed by atoms with Crippen LogP contribution in [0, 0.1) is 6.92 Å². The van der Waals surface area contributed by atoms with Crippen LogP contribution in [0.1, 0.15) is 34.8 Å². The summed E-state index contributed by atoms with van der Waals surface area (Å²) in [7, 11) is 0. The van der Waals surface area contributed by atoms with E-state index in [1.165, 1.54) is 5.56 Å². The van der Waals surface area contributed by atoms with Crippen LogP contribution < -0.4 is 4.74 Å². The van der Waals surface area contributed by atoms with Crippen molar-refractivity contribution in [2.24, 2.45) is 0 Å². The van der Waals surface area contributed by atoms with Crippen molar-refractivity contribution >= 4 is 12.4 Å². The van der Waals surface area contributed by atoms with Crippen molar-refractivity contribution < 1.29 is 24.5 Å². The van der Waals surface area contributed by atoms with Gasteiger partial charge in [0.25, 0.3) is 6.47 Å². The minimum absolute atomic E-state index is 0.238. The first kappa shape index (κ1) is 21.7. The molecule has 0 heterocycles. The fourth-order valence-corrected chi connectivity index (χ4v) is 2.93. The SMILES string of the molecule is CCCc1ccc(C(=O)Oc2ccc(-c3ccc(O)cc3)c(C)c2)cc1.O=CO. The number of carboxylic acid groups (broad SMARTS) is 1. The van der Waals surface area contributed by atoms with Crippen LogP contribution in [0.25, 0.3) is 11.1 Å². The van der Waals surface area contributed by atoms with E-state index in [9.17, 15) is 9.90 Å². The normalized spacial score (nSPS) is 9.86. The lowest BCUT2D eigenvalue weighted by Gasteiger charge is -2.10. The Hall–Kier alpha value is -3.60. The molecule has 3 rings (SSSR count). The molecule has 0 spiro atoms. The standard InChI is InChI=1S/C23H22O3.CH2O2/c1-3-4-17-5-7-19(8-6-17)23(25)26-21-13-14-22(16(2)15-21)18-9-11-20(24)12-10-18;2-1-3/h5-15,24H,3-4H2,1-2H3;1H,(H,2,3). The summed E-state index contributed by atoms with van der Waals surface area (Å²) in [5, 5.41) is 16.3. The number of phenols is 1. The van der Waals surface area contributed by atoms with E-state index in [0.717, 1.165) is 29.5 Å². The molecule has 0 aliphatic heterocycles. The predicted octanol–water partition coefficient (Wildman–Crippen LogP) is 5.24. The number of rotatable bonds is 5. The topological polar surface area (TPSA) is 83.8 Å². The minimum Gasteiger partial charge on any atom is -0.508 e. The minimum atomic E-state index is -0.357. The lowest BCUT2D eigenvalue weighted by atomic mass is 10.0. The summed E-state index contributed by atoms with van der Waals surface area (Å²) >= 11 is 0. The van der Waals surface area contributed by atoms with Gasteiger partial charge in [0.1, 0.15) is 11.5 Å². The van der Waals surface area contributed by atoms with Crippen LogP contribution in [0.15, 0.2) is 66.7 Å². The van der Waals surface area contributed by atoms with E-state index in [0.29, 0.717) is 11.3 Å². The van der Waals surface area contributed by atoms with Gasteiger partial charge in [-0.2, -0.15) is 0 Å². The second-order valence-electron chi connectivity index (χ2n) is 6.47. The molecule has 0 amide bonds. The van der Waals surface area contributed by atoms with Gasteiger partial charge in [-0.3, -0.25) is 4.79 Å². The Balaban J connectivity index is 0.000000941. The Morgan fingerprint density at radius 2 is 1.62 bits per heavy atom. The zero-order valence-electron chi connectivity index (χ0n) is 16.5. The molecule has 150 valence electrons. The fourth-order valence-electron chi connectivity index (χ4n) is 2.93. The monoisotopic (exact) mass is 392 g/mol. The van der Waals surface area contributed by atoms with E-state index in [1.54, 1.807) is 18.2 Å². The van der Waals surface area contributed by atoms with Crippen LogP contribution in [-0.4, -0.2) is 22.7 Å². The Labute approximate surface area is 170 Å². The second kappa shape index (κ2) is 10.7.